The molecule has 0 amide bonds. The van der Waals surface area contributed by atoms with Crippen LogP contribution in [0, 0.1) is 12.8 Å². The Morgan fingerprint density at radius 2 is 0.800 bits per heavy atom. The fourth-order valence-electron chi connectivity index (χ4n) is 0. The van der Waals surface area contributed by atoms with Crippen molar-refractivity contribution in [1.29, 1.82) is 0 Å². The Labute approximate surface area is 56.8 Å². The zero-order valence-corrected chi connectivity index (χ0v) is 3.71. The van der Waals surface area contributed by atoms with E-state index in [-0.39, 0.29) is 43.9 Å². The topological polar surface area (TPSA) is 35.0 Å². The molecule has 0 aliphatic heterocycles. The molecule has 0 aromatic heterocycles. The largest absolute Gasteiger partial charge is 1.00 e. The Kier molecular flexibility index (Phi) is 1100. The van der Waals surface area contributed by atoms with Crippen LogP contribution in [-0.4, -0.2) is 0 Å². The summed E-state index contributed by atoms with van der Waals surface area (Å²) in [5.74, 6) is 0. The minimum atomic E-state index is 0. The summed E-state index contributed by atoms with van der Waals surface area (Å²) in [5, 5.41) is 0. The fourth-order valence-corrected chi connectivity index (χ4v) is 0. The molecule has 1 nitrogen and oxygen atoms in total. The van der Waals surface area contributed by atoms with Crippen LogP contribution in [0.2, 0.25) is 0 Å². The first kappa shape index (κ1) is 43.2. The predicted octanol–water partition coefficient (Wildman–Crippen LogP) is -5.67. The molecule has 0 aliphatic carbocycles. The summed E-state index contributed by atoms with van der Waals surface area (Å²) in [4.78, 5) is 0. The summed E-state index contributed by atoms with van der Waals surface area (Å²) in [6, 6.07) is 0. The summed E-state index contributed by atoms with van der Waals surface area (Å²) in [6.07, 6.45) is 10.0. The van der Waals surface area contributed by atoms with E-state index in [0.717, 1.165) is 0 Å². The summed E-state index contributed by atoms with van der Waals surface area (Å²) < 4.78 is 0. The van der Waals surface area contributed by atoms with Gasteiger partial charge in [-0.2, -0.15) is 0 Å². The Morgan fingerprint density at radius 3 is 0.800 bits per heavy atom. The average Bonchev–Trinajstić information content (AvgIpc) is 1.00. The summed E-state index contributed by atoms with van der Waals surface area (Å²) in [7, 11) is 0. The normalized spacial score (nSPS) is 0.400. The Hall–Kier alpha value is 0.715. The van der Waals surface area contributed by atoms with Gasteiger partial charge in [-0.15, -0.1) is 0 Å². The van der Waals surface area contributed by atoms with Crippen molar-refractivity contribution in [3.05, 3.63) is 12.8 Å². The van der Waals surface area contributed by atoms with Gasteiger partial charge in [0.15, 0.2) is 0 Å². The van der Waals surface area contributed by atoms with E-state index in [1.165, 1.54) is 0 Å². The minimum absolute atomic E-state index is 0. The van der Waals surface area contributed by atoms with Crippen LogP contribution in [-0.2, 0) is 0 Å². The molecule has 0 atom stereocenters. The molecule has 0 radical (unpaired) electrons. The van der Waals surface area contributed by atoms with Crippen LogP contribution in [0.25, 0.3) is 0 Å². The molecule has 0 spiro atoms. The van der Waals surface area contributed by atoms with Gasteiger partial charge in [-0.3, -0.25) is 0 Å². The molecule has 3 N–H and O–H groups in total. The zero-order valence-electron chi connectivity index (χ0n) is 3.71. The maximum absolute atomic E-state index is 5.00. The second kappa shape index (κ2) is 127. The van der Waals surface area contributed by atoms with Crippen molar-refractivity contribution < 1.29 is 37.7 Å². The van der Waals surface area contributed by atoms with Crippen LogP contribution in [0.15, 0.2) is 0 Å². The van der Waals surface area contributed by atoms with Gasteiger partial charge in [0.25, 0.3) is 0 Å². The van der Waals surface area contributed by atoms with Crippen molar-refractivity contribution in [2.45, 2.75) is 0 Å². The molecule has 18 valence electrons. The third-order valence-electron chi connectivity index (χ3n) is 0. The minimum Gasteiger partial charge on any atom is -1.00 e. The van der Waals surface area contributed by atoms with Crippen LogP contribution in [0.4, 0.5) is 0 Å². The van der Waals surface area contributed by atoms with Crippen LogP contribution in [0.1, 0.15) is 0 Å². The first-order valence-corrected chi connectivity index (χ1v) is 0.250. The molecule has 0 aliphatic rings. The van der Waals surface area contributed by atoms with Gasteiger partial charge in [-0.1, -0.05) is 0 Å². The monoisotopic (exact) mass is 55.1 g/mol. The van der Waals surface area contributed by atoms with Crippen molar-refractivity contribution in [1.82, 2.24) is 6.15 Å². The standard InChI is InChI=1S/C2.2Li.H3N/c1-2;;;/h;;;1H3/q-2;2*+1;. The maximum atomic E-state index is 5.00. The van der Waals surface area contributed by atoms with Gasteiger partial charge >= 0.3 is 37.7 Å². The summed E-state index contributed by atoms with van der Waals surface area (Å²) in [6.45, 7) is 0. The molecule has 0 rings (SSSR count). The van der Waals surface area contributed by atoms with Gasteiger partial charge in [0.1, 0.15) is 0 Å². The van der Waals surface area contributed by atoms with Crippen molar-refractivity contribution >= 4 is 0 Å². The average molecular weight is 54.9 g/mol. The molecule has 0 heterocycles. The number of rotatable bonds is 0. The van der Waals surface area contributed by atoms with Gasteiger partial charge < -0.3 is 19.0 Å². The van der Waals surface area contributed by atoms with E-state index in [2.05, 4.69) is 0 Å². The summed E-state index contributed by atoms with van der Waals surface area (Å²) >= 11 is 0. The van der Waals surface area contributed by atoms with Crippen molar-refractivity contribution in [2.75, 3.05) is 0 Å². The van der Waals surface area contributed by atoms with E-state index < -0.39 is 0 Å². The first-order valence-electron chi connectivity index (χ1n) is 0.250. The predicted molar refractivity (Wildman–Crippen MR) is 11.5 cm³/mol. The molecule has 0 bridgehead atoms. The second-order valence-electron chi connectivity index (χ2n) is 0. The smallest absolute Gasteiger partial charge is 1.00 e. The zero-order chi connectivity index (χ0) is 2.00. The van der Waals surface area contributed by atoms with E-state index in [0.29, 0.717) is 0 Å². The van der Waals surface area contributed by atoms with E-state index in [1.54, 1.807) is 0 Å². The van der Waals surface area contributed by atoms with Crippen LogP contribution in [0.3, 0.4) is 0 Å². The second-order valence-corrected chi connectivity index (χ2v) is 0. The molecule has 0 fully saturated rings. The molecule has 0 aromatic rings. The van der Waals surface area contributed by atoms with Crippen LogP contribution in [0.5, 0.6) is 0 Å². The Bertz CT molecular complexity index is 12.4. The van der Waals surface area contributed by atoms with E-state index >= 15 is 0 Å². The van der Waals surface area contributed by atoms with Crippen molar-refractivity contribution in [2.24, 2.45) is 0 Å². The van der Waals surface area contributed by atoms with E-state index in [9.17, 15) is 0 Å². The van der Waals surface area contributed by atoms with Crippen LogP contribution < -0.4 is 43.9 Å². The van der Waals surface area contributed by atoms with Gasteiger partial charge in [0, 0.05) is 0 Å². The quantitative estimate of drug-likeness (QED) is 0.167. The van der Waals surface area contributed by atoms with Crippen molar-refractivity contribution in [3.63, 3.8) is 0 Å². The van der Waals surface area contributed by atoms with Gasteiger partial charge in [-0.25, -0.2) is 0 Å². The molecule has 0 saturated heterocycles. The maximum Gasteiger partial charge on any atom is 1.00 e. The van der Waals surface area contributed by atoms with E-state index in [1.807, 2.05) is 0 Å². The van der Waals surface area contributed by atoms with Crippen LogP contribution >= 0.6 is 0 Å². The fraction of sp³-hybridized carbons (Fsp3) is 0. The third kappa shape index (κ3) is 68.0. The molecule has 5 heavy (non-hydrogen) atoms. The molecule has 3 heteroatoms. The Balaban J connectivity index is -0.00000000167. The van der Waals surface area contributed by atoms with Crippen molar-refractivity contribution in [3.8, 4) is 0 Å². The third-order valence-corrected chi connectivity index (χ3v) is 0. The molecular formula is C2H3Li2N. The summed E-state index contributed by atoms with van der Waals surface area (Å²) in [5.41, 5.74) is 0. The molecule has 0 aromatic carbocycles. The van der Waals surface area contributed by atoms with Gasteiger partial charge in [0.05, 0.1) is 0 Å². The number of hydrogen-bond donors (Lipinski definition) is 1. The molecular weight excluding hydrogens is 51.9 g/mol. The Morgan fingerprint density at radius 1 is 0.800 bits per heavy atom. The molecule has 0 saturated carbocycles. The SMILES string of the molecule is N.[C-]#[C-].[Li+].[Li+]. The van der Waals surface area contributed by atoms with E-state index in [4.69, 9.17) is 12.8 Å². The van der Waals surface area contributed by atoms with Gasteiger partial charge in [0.2, 0.25) is 0 Å². The number of hydrogen-bond acceptors (Lipinski definition) is 1. The van der Waals surface area contributed by atoms with Gasteiger partial charge in [-0.05, 0) is 0 Å². The molecule has 0 unspecified atom stereocenters. The first-order chi connectivity index (χ1) is 1.00.